The number of rotatable bonds is 9. The first-order chi connectivity index (χ1) is 27.4. The molecule has 1 aromatic carbocycles. The third-order valence-electron chi connectivity index (χ3n) is 10.1. The molecular formula is C37H45N9O13. The second-order valence-electron chi connectivity index (χ2n) is 15.7. The molecular weight excluding hydrogens is 778 g/mol. The van der Waals surface area contributed by atoms with E-state index in [2.05, 4.69) is 15.7 Å². The van der Waals surface area contributed by atoms with Crippen LogP contribution in [0.2, 0.25) is 0 Å². The molecule has 59 heavy (non-hydrogen) atoms. The smallest absolute Gasteiger partial charge is 0.433 e. The Morgan fingerprint density at radius 1 is 1.15 bits per heavy atom. The van der Waals surface area contributed by atoms with E-state index in [1.54, 1.807) is 39.2 Å². The van der Waals surface area contributed by atoms with Crippen LogP contribution in [-0.2, 0) is 25.6 Å². The number of likely N-dealkylation sites (N-methyl/N-ethyl adjacent to an activating group) is 1. The maximum atomic E-state index is 14.1. The third-order valence-corrected chi connectivity index (χ3v) is 10.1. The van der Waals surface area contributed by atoms with Crippen LogP contribution in [0.4, 0.5) is 22.1 Å². The zero-order valence-corrected chi connectivity index (χ0v) is 33.1. The maximum Gasteiger partial charge on any atom is 0.433 e. The van der Waals surface area contributed by atoms with Crippen molar-refractivity contribution in [2.75, 3.05) is 51.5 Å². The first kappa shape index (κ1) is 43.5. The molecule has 6 rings (SSSR count). The molecule has 22 heteroatoms. The normalized spacial score (nSPS) is 22.8. The van der Waals surface area contributed by atoms with E-state index in [-0.39, 0.29) is 54.1 Å². The van der Waals surface area contributed by atoms with Crippen molar-refractivity contribution in [2.45, 2.75) is 50.8 Å². The molecule has 22 nitrogen and oxygen atoms in total. The number of aliphatic hydroxyl groups excluding tert-OH is 2. The number of nitrogens with one attached hydrogen (secondary N) is 3. The van der Waals surface area contributed by atoms with Crippen LogP contribution in [0.5, 0.6) is 5.75 Å². The molecule has 0 spiro atoms. The zero-order valence-electron chi connectivity index (χ0n) is 33.1. The van der Waals surface area contributed by atoms with E-state index >= 15 is 0 Å². The highest BCUT2D eigenvalue weighted by molar-refractivity contribution is 6.25. The van der Waals surface area contributed by atoms with Crippen LogP contribution in [-0.4, -0.2) is 135 Å². The third kappa shape index (κ3) is 8.22. The number of anilines is 2. The number of Topliss-reactive ketones (excluding diaryl/α,β-unsaturated/α-hetero) is 2. The standard InChI is InChI=1S/C29H39N5O8.C8H6N4O5/c1-28(2,3)31-11-17(35)32-15-10-16(33(4)5)13-8-12-9-14-21(34(6)7)24(38)20(27(30)41)26(40)29(14,42)25(39)18(12)23(37)19(13)22(15)36;13-6-4-11(8(14)10-6)9-3-5-1-2-7(17-5)12(15)16/h10,12,14,21,31,36,38-39,42H,8-9,11H2,1-7H3,(H2,30,41)(H,32,35);1-3H,4H2,(H,10,13,14)/b;9-3+/t12-,14-,21-,29-;/m0./s1. The Morgan fingerprint density at radius 2 is 1.81 bits per heavy atom. The van der Waals surface area contributed by atoms with Gasteiger partial charge in [0.15, 0.2) is 22.9 Å². The predicted molar refractivity (Wildman–Crippen MR) is 208 cm³/mol. The fraction of sp³-hybridized carbons (Fsp3) is 0.432. The predicted octanol–water partition coefficient (Wildman–Crippen LogP) is 0.587. The number of allylic oxidation sites excluding steroid dienone is 1. The van der Waals surface area contributed by atoms with E-state index in [4.69, 9.17) is 10.2 Å². The van der Waals surface area contributed by atoms with Crippen molar-refractivity contribution < 1.29 is 58.5 Å². The summed E-state index contributed by atoms with van der Waals surface area (Å²) in [5.74, 6) is -8.56. The van der Waals surface area contributed by atoms with Gasteiger partial charge in [-0.25, -0.2) is 9.80 Å². The highest BCUT2D eigenvalue weighted by Crippen LogP contribution is 2.54. The number of aliphatic hydroxyl groups is 3. The first-order valence-corrected chi connectivity index (χ1v) is 18.0. The second-order valence-corrected chi connectivity index (χ2v) is 15.7. The molecule has 316 valence electrons. The molecule has 2 heterocycles. The highest BCUT2D eigenvalue weighted by atomic mass is 16.6. The minimum Gasteiger partial charge on any atom is -0.510 e. The number of hydrogen-bond acceptors (Lipinski definition) is 17. The lowest BCUT2D eigenvalue weighted by Crippen LogP contribution is -2.63. The van der Waals surface area contributed by atoms with Gasteiger partial charge < -0.3 is 46.1 Å². The van der Waals surface area contributed by atoms with Crippen LogP contribution in [0.1, 0.15) is 48.9 Å². The number of urea groups is 1. The number of fused-ring (bicyclic) bond motifs is 3. The number of aromatic hydroxyl groups is 1. The zero-order chi connectivity index (χ0) is 44.0. The molecule has 0 saturated carbocycles. The van der Waals surface area contributed by atoms with Gasteiger partial charge in [-0.15, -0.1) is 0 Å². The van der Waals surface area contributed by atoms with Crippen LogP contribution in [0.25, 0.3) is 0 Å². The van der Waals surface area contributed by atoms with Gasteiger partial charge >= 0.3 is 11.9 Å². The number of nitro groups is 1. The molecule has 9 N–H and O–H groups in total. The molecule has 0 radical (unpaired) electrons. The van der Waals surface area contributed by atoms with E-state index in [1.807, 2.05) is 26.1 Å². The van der Waals surface area contributed by atoms with Crippen LogP contribution >= 0.6 is 0 Å². The van der Waals surface area contributed by atoms with Gasteiger partial charge in [0.2, 0.25) is 17.6 Å². The molecule has 1 fully saturated rings. The number of nitrogens with zero attached hydrogens (tertiary/aromatic N) is 5. The van der Waals surface area contributed by atoms with Crippen molar-refractivity contribution in [3.05, 3.63) is 67.9 Å². The number of phenols is 1. The number of hydrazone groups is 1. The minimum atomic E-state index is -2.73. The topological polar surface area (TPSA) is 324 Å². The molecule has 0 unspecified atom stereocenters. The van der Waals surface area contributed by atoms with Crippen molar-refractivity contribution in [1.82, 2.24) is 20.5 Å². The Morgan fingerprint density at radius 3 is 2.34 bits per heavy atom. The van der Waals surface area contributed by atoms with E-state index < -0.39 is 92.4 Å². The van der Waals surface area contributed by atoms with Crippen molar-refractivity contribution in [3.63, 3.8) is 0 Å². The van der Waals surface area contributed by atoms with Gasteiger partial charge in [0, 0.05) is 36.8 Å². The van der Waals surface area contributed by atoms with Gasteiger partial charge in [-0.1, -0.05) is 0 Å². The van der Waals surface area contributed by atoms with Gasteiger partial charge in [0.05, 0.1) is 36.1 Å². The number of carbonyl (C=O) groups excluding carboxylic acids is 6. The maximum absolute atomic E-state index is 14.1. The summed E-state index contributed by atoms with van der Waals surface area (Å²) >= 11 is 0. The summed E-state index contributed by atoms with van der Waals surface area (Å²) in [6.07, 6.45) is 1.23. The summed E-state index contributed by atoms with van der Waals surface area (Å²) in [5.41, 5.74) is 1.96. The Bertz CT molecular complexity index is 2250. The molecule has 4 atom stereocenters. The number of imide groups is 1. The van der Waals surface area contributed by atoms with Gasteiger partial charge in [-0.2, -0.15) is 5.10 Å². The molecule has 1 aromatic heterocycles. The number of benzene rings is 1. The Labute approximate surface area is 336 Å². The van der Waals surface area contributed by atoms with E-state index in [1.165, 1.54) is 11.0 Å². The number of furan rings is 1. The Hall–Kier alpha value is -6.65. The van der Waals surface area contributed by atoms with Crippen molar-refractivity contribution in [2.24, 2.45) is 22.7 Å². The number of primary amides is 1. The van der Waals surface area contributed by atoms with Crippen molar-refractivity contribution in [3.8, 4) is 5.75 Å². The largest absolute Gasteiger partial charge is 0.510 e. The summed E-state index contributed by atoms with van der Waals surface area (Å²) in [4.78, 5) is 87.1. The molecule has 0 bridgehead atoms. The van der Waals surface area contributed by atoms with Crippen LogP contribution in [0.3, 0.4) is 0 Å². The SMILES string of the molecule is CN(C)c1cc(NC(=O)CNC(C)(C)C)c(O)c2c1C[C@H]1C[C@H]3[C@H](N(C)C)C(O)=C(C(N)=O)C(=O)[C@@]3(O)C(O)=C1C2=O.O=C1CN(/N=C/c2ccc([N+](=O)[O-])o2)C(=O)N1. The van der Waals surface area contributed by atoms with Gasteiger partial charge in [0.1, 0.15) is 28.6 Å². The lowest BCUT2D eigenvalue weighted by Gasteiger charge is -2.50. The summed E-state index contributed by atoms with van der Waals surface area (Å²) in [6, 6.07) is 2.34. The van der Waals surface area contributed by atoms with Crippen LogP contribution in [0.15, 0.2) is 50.4 Å². The molecule has 3 aliphatic carbocycles. The molecule has 1 saturated heterocycles. The molecule has 4 aliphatic rings. The van der Waals surface area contributed by atoms with Gasteiger partial charge in [0.25, 0.3) is 5.91 Å². The summed E-state index contributed by atoms with van der Waals surface area (Å²) in [7, 11) is 6.62. The second kappa shape index (κ2) is 15.9. The Kier molecular flexibility index (Phi) is 11.8. The van der Waals surface area contributed by atoms with Crippen molar-refractivity contribution >= 4 is 58.8 Å². The summed E-state index contributed by atoms with van der Waals surface area (Å²) in [6.45, 7) is 5.42. The number of carbonyl (C=O) groups is 6. The molecule has 2 aromatic rings. The van der Waals surface area contributed by atoms with Crippen LogP contribution in [0, 0.1) is 22.0 Å². The number of amides is 5. The fourth-order valence-electron chi connectivity index (χ4n) is 7.49. The number of hydrogen-bond donors (Lipinski definition) is 8. The summed E-state index contributed by atoms with van der Waals surface area (Å²) < 4.78 is 4.78. The lowest BCUT2D eigenvalue weighted by atomic mass is 9.58. The van der Waals surface area contributed by atoms with E-state index in [0.717, 1.165) is 17.3 Å². The van der Waals surface area contributed by atoms with Gasteiger partial charge in [-0.05, 0) is 71.3 Å². The summed E-state index contributed by atoms with van der Waals surface area (Å²) in [5, 5.41) is 68.0. The number of nitrogens with two attached hydrogens (primary N) is 1. The van der Waals surface area contributed by atoms with E-state index in [9.17, 15) is 59.3 Å². The molecule has 5 amide bonds. The van der Waals surface area contributed by atoms with E-state index in [0.29, 0.717) is 11.3 Å². The van der Waals surface area contributed by atoms with Crippen LogP contribution < -0.4 is 26.6 Å². The quantitative estimate of drug-likeness (QED) is 0.0428. The van der Waals surface area contributed by atoms with Gasteiger partial charge in [-0.3, -0.25) is 44.3 Å². The number of ketones is 2. The molecule has 1 aliphatic heterocycles. The average molecular weight is 824 g/mol. The highest BCUT2D eigenvalue weighted by Gasteiger charge is 2.63. The lowest BCUT2D eigenvalue weighted by molar-refractivity contribution is -0.402. The minimum absolute atomic E-state index is 0.0175. The fourth-order valence-corrected chi connectivity index (χ4v) is 7.49. The number of phenolic OH excluding ortho intramolecular Hbond substituents is 1. The first-order valence-electron chi connectivity index (χ1n) is 18.0. The monoisotopic (exact) mass is 823 g/mol. The Balaban J connectivity index is 0.000000323. The average Bonchev–Trinajstić information content (AvgIpc) is 3.74. The van der Waals surface area contributed by atoms with Crippen molar-refractivity contribution in [1.29, 1.82) is 0 Å².